The van der Waals surface area contributed by atoms with Gasteiger partial charge in [-0.25, -0.2) is 9.37 Å². The minimum atomic E-state index is -0.771. The zero-order chi connectivity index (χ0) is 19.3. The van der Waals surface area contributed by atoms with Gasteiger partial charge in [-0.15, -0.1) is 12.3 Å². The maximum Gasteiger partial charge on any atom is 0.273 e. The molecule has 0 spiro atoms. The summed E-state index contributed by atoms with van der Waals surface area (Å²) in [5.74, 6) is 1.27. The predicted molar refractivity (Wildman–Crippen MR) is 93.1 cm³/mol. The molecule has 0 radical (unpaired) electrons. The predicted octanol–water partition coefficient (Wildman–Crippen LogP) is 1.14. The van der Waals surface area contributed by atoms with Gasteiger partial charge in [0.2, 0.25) is 5.91 Å². The van der Waals surface area contributed by atoms with Crippen LogP contribution in [0.5, 0.6) is 0 Å². The quantitative estimate of drug-likeness (QED) is 0.725. The Labute approximate surface area is 156 Å². The molecule has 0 saturated carbocycles. The molecule has 2 aliphatic rings. The zero-order valence-corrected chi connectivity index (χ0v) is 14.7. The van der Waals surface area contributed by atoms with Gasteiger partial charge in [-0.05, 0) is 12.1 Å². The van der Waals surface area contributed by atoms with Gasteiger partial charge in [0.05, 0.1) is 19.4 Å². The van der Waals surface area contributed by atoms with Crippen molar-refractivity contribution in [2.24, 2.45) is 10.2 Å². The van der Waals surface area contributed by atoms with Gasteiger partial charge in [0.15, 0.2) is 5.66 Å². The Hall–Kier alpha value is -2.86. The fourth-order valence-electron chi connectivity index (χ4n) is 2.89. The number of amides is 2. The second-order valence-electron chi connectivity index (χ2n) is 6.38. The number of carbonyl (C=O) groups is 2. The van der Waals surface area contributed by atoms with Gasteiger partial charge in [0.1, 0.15) is 17.6 Å². The van der Waals surface area contributed by atoms with Crippen LogP contribution in [-0.2, 0) is 9.53 Å². The average Bonchev–Trinajstić information content (AvgIpc) is 3.46. The molecule has 3 heterocycles. The number of aromatic nitrogens is 1. The van der Waals surface area contributed by atoms with Crippen molar-refractivity contribution >= 4 is 11.8 Å². The molecule has 8 nitrogen and oxygen atoms in total. The van der Waals surface area contributed by atoms with Crippen LogP contribution < -0.4 is 5.32 Å². The van der Waals surface area contributed by atoms with Crippen LogP contribution in [0.1, 0.15) is 29.8 Å². The number of terminal acetylenes is 1. The van der Waals surface area contributed by atoms with E-state index in [-0.39, 0.29) is 24.8 Å². The summed E-state index contributed by atoms with van der Waals surface area (Å²) in [7, 11) is 0. The van der Waals surface area contributed by atoms with Gasteiger partial charge in [-0.1, -0.05) is 0 Å². The van der Waals surface area contributed by atoms with Gasteiger partial charge >= 0.3 is 0 Å². The third-order valence-corrected chi connectivity index (χ3v) is 4.52. The number of nitrogens with zero attached hydrogens (tertiary/aromatic N) is 4. The molecular weight excluding hydrogens is 353 g/mol. The molecule has 1 atom stereocenters. The van der Waals surface area contributed by atoms with Crippen molar-refractivity contribution in [3.8, 4) is 12.3 Å². The van der Waals surface area contributed by atoms with Crippen molar-refractivity contribution in [2.75, 3.05) is 26.3 Å². The number of hydrogen-bond donors (Lipinski definition) is 1. The van der Waals surface area contributed by atoms with Crippen LogP contribution >= 0.6 is 0 Å². The third-order valence-electron chi connectivity index (χ3n) is 4.52. The highest BCUT2D eigenvalue weighted by Crippen LogP contribution is 2.36. The molecule has 1 aromatic heterocycles. The number of carbonyl (C=O) groups excluding carboxylic acids is 2. The second-order valence-corrected chi connectivity index (χ2v) is 6.38. The molecule has 1 N–H and O–H groups in total. The lowest BCUT2D eigenvalue weighted by Crippen LogP contribution is -2.56. The van der Waals surface area contributed by atoms with E-state index in [4.69, 9.17) is 11.2 Å². The highest BCUT2D eigenvalue weighted by molar-refractivity contribution is 5.96. The minimum Gasteiger partial charge on any atom is -0.377 e. The van der Waals surface area contributed by atoms with Crippen molar-refractivity contribution < 1.29 is 18.7 Å². The first-order chi connectivity index (χ1) is 13.0. The van der Waals surface area contributed by atoms with Crippen molar-refractivity contribution in [1.29, 1.82) is 0 Å². The van der Waals surface area contributed by atoms with Gasteiger partial charge in [0.25, 0.3) is 5.91 Å². The van der Waals surface area contributed by atoms with Crippen molar-refractivity contribution in [3.63, 3.8) is 0 Å². The van der Waals surface area contributed by atoms with Crippen LogP contribution in [0.4, 0.5) is 4.39 Å². The number of ether oxygens (including phenoxy) is 1. The summed E-state index contributed by atoms with van der Waals surface area (Å²) in [5.41, 5.74) is -0.393. The fraction of sp³-hybridized carbons (Fsp3) is 0.500. The summed E-state index contributed by atoms with van der Waals surface area (Å²) < 4.78 is 18.4. The molecule has 1 saturated heterocycles. The first-order valence-electron chi connectivity index (χ1n) is 8.70. The van der Waals surface area contributed by atoms with E-state index in [0.29, 0.717) is 32.4 Å². The highest BCUT2D eigenvalue weighted by Gasteiger charge is 2.39. The summed E-state index contributed by atoms with van der Waals surface area (Å²) >= 11 is 0. The fourth-order valence-corrected chi connectivity index (χ4v) is 2.89. The molecule has 1 fully saturated rings. The largest absolute Gasteiger partial charge is 0.377 e. The number of halogens is 1. The SMILES string of the molecule is C#CCCC1(CCNC(=O)C2COCCN2C(=O)c2ccc(F)cn2)N=N1. The van der Waals surface area contributed by atoms with Crippen LogP contribution in [-0.4, -0.2) is 59.7 Å². The number of nitrogens with one attached hydrogen (secondary N) is 1. The molecule has 27 heavy (non-hydrogen) atoms. The molecule has 3 rings (SSSR count). The van der Waals surface area contributed by atoms with E-state index in [1.807, 2.05) is 0 Å². The minimum absolute atomic E-state index is 0.0833. The first-order valence-corrected chi connectivity index (χ1v) is 8.70. The standard InChI is InChI=1S/C18H20FN5O3/c1-2-3-6-18(22-23-18)7-8-20-16(25)15-12-27-10-9-24(15)17(26)14-5-4-13(19)11-21-14/h1,4-5,11,15H,3,6-10,12H2,(H,20,25). The maximum atomic E-state index is 13.0. The Morgan fingerprint density at radius 3 is 2.89 bits per heavy atom. The molecule has 1 unspecified atom stereocenters. The molecule has 0 aromatic carbocycles. The lowest BCUT2D eigenvalue weighted by molar-refractivity contribution is -0.130. The molecule has 1 aromatic rings. The molecule has 142 valence electrons. The second kappa shape index (κ2) is 8.22. The third kappa shape index (κ3) is 4.65. The Morgan fingerprint density at radius 2 is 2.22 bits per heavy atom. The Balaban J connectivity index is 1.56. The number of hydrogen-bond acceptors (Lipinski definition) is 6. The van der Waals surface area contributed by atoms with Crippen molar-refractivity contribution in [2.45, 2.75) is 31.0 Å². The molecule has 9 heteroatoms. The van der Waals surface area contributed by atoms with E-state index < -0.39 is 23.4 Å². The molecule has 2 amide bonds. The topological polar surface area (TPSA) is 96.2 Å². The monoisotopic (exact) mass is 373 g/mol. The summed E-state index contributed by atoms with van der Waals surface area (Å²) in [6.45, 7) is 1.04. The van der Waals surface area contributed by atoms with Gasteiger partial charge in [0, 0.05) is 32.4 Å². The highest BCUT2D eigenvalue weighted by atomic mass is 19.1. The van der Waals surface area contributed by atoms with E-state index >= 15 is 0 Å². The lowest BCUT2D eigenvalue weighted by atomic mass is 10.0. The summed E-state index contributed by atoms with van der Waals surface area (Å²) in [6, 6.07) is 1.69. The Kier molecular flexibility index (Phi) is 5.76. The first kappa shape index (κ1) is 18.9. The van der Waals surface area contributed by atoms with Crippen LogP contribution in [0.25, 0.3) is 0 Å². The molecule has 2 aliphatic heterocycles. The van der Waals surface area contributed by atoms with Crippen LogP contribution in [0, 0.1) is 18.2 Å². The van der Waals surface area contributed by atoms with Crippen molar-refractivity contribution in [3.05, 3.63) is 29.8 Å². The summed E-state index contributed by atoms with van der Waals surface area (Å²) in [4.78, 5) is 30.4. The average molecular weight is 373 g/mol. The Bertz CT molecular complexity index is 768. The molecule has 0 bridgehead atoms. The van der Waals surface area contributed by atoms with Crippen LogP contribution in [0.2, 0.25) is 0 Å². The number of rotatable bonds is 7. The smallest absolute Gasteiger partial charge is 0.273 e. The van der Waals surface area contributed by atoms with Crippen molar-refractivity contribution in [1.82, 2.24) is 15.2 Å². The van der Waals surface area contributed by atoms with E-state index in [2.05, 4.69) is 26.4 Å². The van der Waals surface area contributed by atoms with Crippen LogP contribution in [0.3, 0.4) is 0 Å². The lowest BCUT2D eigenvalue weighted by Gasteiger charge is -2.34. The Morgan fingerprint density at radius 1 is 1.41 bits per heavy atom. The zero-order valence-electron chi connectivity index (χ0n) is 14.7. The maximum absolute atomic E-state index is 13.0. The summed E-state index contributed by atoms with van der Waals surface area (Å²) in [6.07, 6.45) is 8.02. The van der Waals surface area contributed by atoms with Crippen LogP contribution in [0.15, 0.2) is 28.6 Å². The normalized spacial score (nSPS) is 20.0. The van der Waals surface area contributed by atoms with E-state index in [1.54, 1.807) is 0 Å². The van der Waals surface area contributed by atoms with Gasteiger partial charge in [-0.2, -0.15) is 10.2 Å². The van der Waals surface area contributed by atoms with E-state index in [1.165, 1.54) is 11.0 Å². The van der Waals surface area contributed by atoms with Gasteiger partial charge in [-0.3, -0.25) is 9.59 Å². The van der Waals surface area contributed by atoms with E-state index in [0.717, 1.165) is 12.3 Å². The number of pyridine rings is 1. The molecule has 0 aliphatic carbocycles. The summed E-state index contributed by atoms with van der Waals surface area (Å²) in [5, 5.41) is 10.8. The number of morpholine rings is 1. The molecular formula is C18H20FN5O3. The van der Waals surface area contributed by atoms with Gasteiger partial charge < -0.3 is 15.0 Å². The van der Waals surface area contributed by atoms with E-state index in [9.17, 15) is 14.0 Å².